The van der Waals surface area contributed by atoms with Gasteiger partial charge in [0.25, 0.3) is 0 Å². The summed E-state index contributed by atoms with van der Waals surface area (Å²) in [5.41, 5.74) is 12.0. The van der Waals surface area contributed by atoms with Gasteiger partial charge in [-0.2, -0.15) is 10.4 Å². The Hall–Kier alpha value is -5.23. The van der Waals surface area contributed by atoms with Crippen molar-refractivity contribution in [3.63, 3.8) is 0 Å². The first-order valence-electron chi connectivity index (χ1n) is 11.3. The fraction of sp³-hybridized carbons (Fsp3) is 0.0741. The zero-order valence-corrected chi connectivity index (χ0v) is 19.2. The average molecular weight is 473 g/mol. The Morgan fingerprint density at radius 2 is 1.89 bits per heavy atom. The number of pyridine rings is 2. The van der Waals surface area contributed by atoms with Gasteiger partial charge in [0.15, 0.2) is 5.65 Å². The van der Waals surface area contributed by atoms with Crippen LogP contribution in [0.4, 0.5) is 5.82 Å². The van der Waals surface area contributed by atoms with Crippen molar-refractivity contribution in [2.45, 2.75) is 13.0 Å². The first kappa shape index (κ1) is 21.3. The zero-order chi connectivity index (χ0) is 24.8. The van der Waals surface area contributed by atoms with Gasteiger partial charge >= 0.3 is 0 Å². The molecule has 0 amide bonds. The van der Waals surface area contributed by atoms with Crippen LogP contribution in [0.1, 0.15) is 24.1 Å². The molecule has 36 heavy (non-hydrogen) atoms. The molecule has 6 rings (SSSR count). The van der Waals surface area contributed by atoms with Gasteiger partial charge in [-0.05, 0) is 55.5 Å². The van der Waals surface area contributed by atoms with Crippen LogP contribution in [0.5, 0.6) is 5.75 Å². The molecule has 1 aromatic carbocycles. The number of hydrogen-bond acceptors (Lipinski definition) is 7. The lowest BCUT2D eigenvalue weighted by Crippen LogP contribution is -2.10. The van der Waals surface area contributed by atoms with Crippen LogP contribution in [0.2, 0.25) is 0 Å². The van der Waals surface area contributed by atoms with E-state index in [0.717, 1.165) is 22.5 Å². The van der Waals surface area contributed by atoms with E-state index in [4.69, 9.17) is 10.8 Å². The maximum absolute atomic E-state index is 10.2. The number of anilines is 1. The van der Waals surface area contributed by atoms with Crippen molar-refractivity contribution in [2.75, 3.05) is 5.73 Å². The van der Waals surface area contributed by atoms with Gasteiger partial charge in [-0.3, -0.25) is 4.98 Å². The molecule has 5 aromatic heterocycles. The molecular formula is C27H20N8O. The second-order valence-electron chi connectivity index (χ2n) is 8.47. The van der Waals surface area contributed by atoms with Gasteiger partial charge in [0.1, 0.15) is 23.6 Å². The van der Waals surface area contributed by atoms with E-state index in [0.29, 0.717) is 27.9 Å². The molecule has 9 heteroatoms. The number of nitrogen functional groups attached to an aromatic ring is 1. The molecule has 1 atom stereocenters. The van der Waals surface area contributed by atoms with E-state index in [-0.39, 0.29) is 17.6 Å². The highest BCUT2D eigenvalue weighted by atomic mass is 16.3. The second-order valence-corrected chi connectivity index (χ2v) is 8.47. The Balaban J connectivity index is 1.61. The monoisotopic (exact) mass is 472 g/mol. The molecule has 174 valence electrons. The van der Waals surface area contributed by atoms with Crippen molar-refractivity contribution in [3.8, 4) is 34.5 Å². The summed E-state index contributed by atoms with van der Waals surface area (Å²) in [5.74, 6) is 0.230. The van der Waals surface area contributed by atoms with Crippen LogP contribution in [0.3, 0.4) is 0 Å². The van der Waals surface area contributed by atoms with Crippen LogP contribution in [-0.2, 0) is 0 Å². The van der Waals surface area contributed by atoms with Crippen molar-refractivity contribution < 1.29 is 5.11 Å². The van der Waals surface area contributed by atoms with Gasteiger partial charge in [0.05, 0.1) is 34.4 Å². The molecule has 0 spiro atoms. The summed E-state index contributed by atoms with van der Waals surface area (Å²) in [7, 11) is 0. The van der Waals surface area contributed by atoms with Crippen LogP contribution in [-0.4, -0.2) is 34.2 Å². The summed E-state index contributed by atoms with van der Waals surface area (Å²) in [6.45, 7) is 2.04. The van der Waals surface area contributed by atoms with Crippen molar-refractivity contribution in [1.82, 2.24) is 29.1 Å². The Morgan fingerprint density at radius 1 is 1.03 bits per heavy atom. The summed E-state index contributed by atoms with van der Waals surface area (Å²) in [6.07, 6.45) is 5.19. The molecule has 5 heterocycles. The maximum Gasteiger partial charge on any atom is 0.164 e. The molecule has 1 unspecified atom stereocenters. The fourth-order valence-electron chi connectivity index (χ4n) is 4.65. The lowest BCUT2D eigenvalue weighted by Gasteiger charge is -2.15. The van der Waals surface area contributed by atoms with Gasteiger partial charge in [-0.15, -0.1) is 0 Å². The number of phenolic OH excluding ortho intramolecular Hbond substituents is 1. The normalized spacial score (nSPS) is 12.1. The van der Waals surface area contributed by atoms with Crippen LogP contribution in [0, 0.1) is 11.3 Å². The summed E-state index contributed by atoms with van der Waals surface area (Å²) in [5, 5.41) is 25.1. The van der Waals surface area contributed by atoms with E-state index < -0.39 is 0 Å². The van der Waals surface area contributed by atoms with E-state index in [1.54, 1.807) is 23.0 Å². The minimum Gasteiger partial charge on any atom is -0.508 e. The lowest BCUT2D eigenvalue weighted by atomic mass is 10.1. The van der Waals surface area contributed by atoms with Gasteiger partial charge in [-0.1, -0.05) is 12.1 Å². The number of fused-ring (bicyclic) bond motifs is 2. The Labute approximate surface area is 205 Å². The van der Waals surface area contributed by atoms with Gasteiger partial charge < -0.3 is 15.2 Å². The van der Waals surface area contributed by atoms with Crippen molar-refractivity contribution in [3.05, 3.63) is 90.5 Å². The Bertz CT molecular complexity index is 1800. The highest BCUT2D eigenvalue weighted by molar-refractivity contribution is 5.98. The summed E-state index contributed by atoms with van der Waals surface area (Å²) >= 11 is 0. The van der Waals surface area contributed by atoms with Crippen molar-refractivity contribution >= 4 is 22.4 Å². The smallest absolute Gasteiger partial charge is 0.164 e. The fourth-order valence-corrected chi connectivity index (χ4v) is 4.65. The average Bonchev–Trinajstić information content (AvgIpc) is 3.48. The number of nitrogens with two attached hydrogens (primary N) is 1. The molecule has 6 aromatic rings. The van der Waals surface area contributed by atoms with E-state index in [1.807, 2.05) is 49.5 Å². The molecule has 0 aliphatic heterocycles. The number of phenols is 1. The van der Waals surface area contributed by atoms with Crippen LogP contribution < -0.4 is 5.73 Å². The Kier molecular flexibility index (Phi) is 4.86. The number of nitrogens with zero attached hydrogens (tertiary/aromatic N) is 7. The molecule has 0 radical (unpaired) electrons. The first-order valence-corrected chi connectivity index (χ1v) is 11.3. The maximum atomic E-state index is 10.2. The largest absolute Gasteiger partial charge is 0.508 e. The molecule has 0 aliphatic carbocycles. The molecular weight excluding hydrogens is 452 g/mol. The number of nitriles is 1. The molecule has 0 saturated carbocycles. The van der Waals surface area contributed by atoms with E-state index in [9.17, 15) is 10.4 Å². The molecule has 0 fully saturated rings. The van der Waals surface area contributed by atoms with Gasteiger partial charge in [0.2, 0.25) is 0 Å². The lowest BCUT2D eigenvalue weighted by molar-refractivity contribution is 0.475. The quantitative estimate of drug-likeness (QED) is 0.384. The SMILES string of the molecule is CC(c1cc2ccccn2c1-c1ccccn1)n1nc(-c2cc(O)cc(C#N)c2)c2c(N)ncnc21. The summed E-state index contributed by atoms with van der Waals surface area (Å²) < 4.78 is 3.92. The highest BCUT2D eigenvalue weighted by Gasteiger charge is 2.25. The van der Waals surface area contributed by atoms with E-state index in [2.05, 4.69) is 31.5 Å². The number of benzene rings is 1. The van der Waals surface area contributed by atoms with Crippen LogP contribution in [0.25, 0.3) is 39.2 Å². The number of hydrogen-bond donors (Lipinski definition) is 2. The van der Waals surface area contributed by atoms with Gasteiger partial charge in [-0.25, -0.2) is 14.6 Å². The molecule has 9 nitrogen and oxygen atoms in total. The molecule has 0 saturated heterocycles. The summed E-state index contributed by atoms with van der Waals surface area (Å²) in [6, 6.07) is 20.4. The van der Waals surface area contributed by atoms with Crippen molar-refractivity contribution in [1.29, 1.82) is 5.26 Å². The minimum absolute atomic E-state index is 0.0358. The third-order valence-electron chi connectivity index (χ3n) is 6.27. The molecule has 0 aliphatic rings. The third-order valence-corrected chi connectivity index (χ3v) is 6.27. The number of rotatable bonds is 4. The number of aromatic hydroxyl groups is 1. The zero-order valence-electron chi connectivity index (χ0n) is 19.2. The Morgan fingerprint density at radius 3 is 2.69 bits per heavy atom. The molecule has 0 bridgehead atoms. The predicted octanol–water partition coefficient (Wildman–Crippen LogP) is 4.58. The highest BCUT2D eigenvalue weighted by Crippen LogP contribution is 2.37. The van der Waals surface area contributed by atoms with Crippen molar-refractivity contribution in [2.24, 2.45) is 0 Å². The number of aromatic nitrogens is 6. The minimum atomic E-state index is -0.264. The van der Waals surface area contributed by atoms with Gasteiger partial charge in [0, 0.05) is 29.0 Å². The second kappa shape index (κ2) is 8.21. The topological polar surface area (TPSA) is 131 Å². The van der Waals surface area contributed by atoms with E-state index >= 15 is 0 Å². The third kappa shape index (κ3) is 3.32. The summed E-state index contributed by atoms with van der Waals surface area (Å²) in [4.78, 5) is 13.3. The van der Waals surface area contributed by atoms with E-state index in [1.165, 1.54) is 12.4 Å². The predicted molar refractivity (Wildman–Crippen MR) is 136 cm³/mol. The first-order chi connectivity index (χ1) is 17.5. The van der Waals surface area contributed by atoms with Crippen LogP contribution in [0.15, 0.2) is 79.4 Å². The van der Waals surface area contributed by atoms with Crippen LogP contribution >= 0.6 is 0 Å². The molecule has 3 N–H and O–H groups in total. The standard InChI is InChI=1S/C27H20N8O/c1-16(21-13-19-6-3-5-9-34(19)25(21)22-7-2-4-8-30-22)35-27-23(26(29)31-15-32-27)24(33-35)18-10-17(14-28)11-20(36)12-18/h2-13,15-16,36H,1H3,(H2,29,31,32).